The Bertz CT molecular complexity index is 448. The van der Waals surface area contributed by atoms with Crippen LogP contribution in [0.25, 0.3) is 0 Å². The van der Waals surface area contributed by atoms with Gasteiger partial charge >= 0.3 is 0 Å². The molecule has 1 amide bonds. The zero-order valence-corrected chi connectivity index (χ0v) is 11.1. The molecular weight excluding hydrogens is 244 g/mol. The number of rotatable bonds is 4. The van der Waals surface area contributed by atoms with E-state index in [9.17, 15) is 9.90 Å². The first-order valence-electron chi connectivity index (χ1n) is 6.58. The van der Waals surface area contributed by atoms with Crippen molar-refractivity contribution in [2.75, 3.05) is 11.9 Å². The van der Waals surface area contributed by atoms with E-state index in [1.165, 1.54) is 12.5 Å². The van der Waals surface area contributed by atoms with Gasteiger partial charge in [-0.05, 0) is 30.9 Å². The fourth-order valence-corrected chi connectivity index (χ4v) is 2.61. The van der Waals surface area contributed by atoms with Gasteiger partial charge in [0.25, 0.3) is 5.91 Å². The van der Waals surface area contributed by atoms with Crippen LogP contribution in [-0.4, -0.2) is 33.4 Å². The first-order valence-corrected chi connectivity index (χ1v) is 6.58. The van der Waals surface area contributed by atoms with E-state index in [-0.39, 0.29) is 5.69 Å². The minimum atomic E-state index is -0.679. The Morgan fingerprint density at radius 2 is 2.37 bits per heavy atom. The molecule has 0 spiro atoms. The van der Waals surface area contributed by atoms with Crippen molar-refractivity contribution < 1.29 is 9.90 Å². The number of carbonyl (C=O) groups is 1. The van der Waals surface area contributed by atoms with Gasteiger partial charge in [0.15, 0.2) is 5.69 Å². The van der Waals surface area contributed by atoms with Crippen molar-refractivity contribution in [2.45, 2.75) is 38.2 Å². The predicted octanol–water partition coefficient (Wildman–Crippen LogP) is 0.929. The molecule has 0 aliphatic heterocycles. The lowest BCUT2D eigenvalue weighted by molar-refractivity contribution is -0.000844. The third-order valence-corrected chi connectivity index (χ3v) is 3.58. The molecule has 1 saturated carbocycles. The summed E-state index contributed by atoms with van der Waals surface area (Å²) < 4.78 is 0. The van der Waals surface area contributed by atoms with E-state index in [4.69, 9.17) is 5.73 Å². The van der Waals surface area contributed by atoms with E-state index in [0.717, 1.165) is 19.3 Å². The molecule has 2 unspecified atom stereocenters. The number of primary amides is 1. The molecule has 1 fully saturated rings. The van der Waals surface area contributed by atoms with E-state index in [1.807, 2.05) is 0 Å². The molecule has 2 atom stereocenters. The highest BCUT2D eigenvalue weighted by atomic mass is 16.3. The Labute approximate surface area is 112 Å². The molecule has 1 heterocycles. The summed E-state index contributed by atoms with van der Waals surface area (Å²) >= 11 is 0. The molecule has 6 heteroatoms. The molecule has 1 aliphatic carbocycles. The Morgan fingerprint density at radius 3 is 2.95 bits per heavy atom. The normalized spacial score (nSPS) is 26.9. The van der Waals surface area contributed by atoms with Gasteiger partial charge in [-0.1, -0.05) is 19.8 Å². The lowest BCUT2D eigenvalue weighted by Crippen LogP contribution is -2.41. The predicted molar refractivity (Wildman–Crippen MR) is 71.6 cm³/mol. The average Bonchev–Trinajstić information content (AvgIpc) is 2.37. The second kappa shape index (κ2) is 5.52. The van der Waals surface area contributed by atoms with Crippen molar-refractivity contribution in [1.82, 2.24) is 10.2 Å². The SMILES string of the molecule is CC1CCCC(O)(CNc2ccc(C(N)=O)nn2)C1. The summed E-state index contributed by atoms with van der Waals surface area (Å²) in [5.74, 6) is 0.485. The van der Waals surface area contributed by atoms with E-state index < -0.39 is 11.5 Å². The maximum atomic E-state index is 10.9. The van der Waals surface area contributed by atoms with Gasteiger partial charge in [-0.15, -0.1) is 10.2 Å². The number of aliphatic hydroxyl groups is 1. The minimum absolute atomic E-state index is 0.135. The molecule has 0 radical (unpaired) electrons. The van der Waals surface area contributed by atoms with Gasteiger partial charge in [-0.3, -0.25) is 4.79 Å². The quantitative estimate of drug-likeness (QED) is 0.751. The molecule has 1 aromatic heterocycles. The summed E-state index contributed by atoms with van der Waals surface area (Å²) in [5, 5.41) is 21.1. The van der Waals surface area contributed by atoms with Crippen LogP contribution < -0.4 is 11.1 Å². The molecule has 4 N–H and O–H groups in total. The van der Waals surface area contributed by atoms with E-state index >= 15 is 0 Å². The lowest BCUT2D eigenvalue weighted by Gasteiger charge is -2.35. The Kier molecular flexibility index (Phi) is 3.99. The van der Waals surface area contributed by atoms with Crippen LogP contribution in [-0.2, 0) is 0 Å². The number of hydrogen-bond acceptors (Lipinski definition) is 5. The molecule has 104 valence electrons. The first kappa shape index (κ1) is 13.7. The van der Waals surface area contributed by atoms with Crippen molar-refractivity contribution in [3.05, 3.63) is 17.8 Å². The number of nitrogens with two attached hydrogens (primary N) is 1. The minimum Gasteiger partial charge on any atom is -0.388 e. The molecular formula is C13H20N4O2. The molecule has 1 aromatic rings. The maximum Gasteiger partial charge on any atom is 0.269 e. The van der Waals surface area contributed by atoms with Crippen molar-refractivity contribution in [1.29, 1.82) is 0 Å². The number of amides is 1. The van der Waals surface area contributed by atoms with Crippen LogP contribution in [0.1, 0.15) is 43.1 Å². The zero-order valence-electron chi connectivity index (χ0n) is 11.1. The molecule has 6 nitrogen and oxygen atoms in total. The number of nitrogens with zero attached hydrogens (tertiary/aromatic N) is 2. The van der Waals surface area contributed by atoms with Gasteiger partial charge in [0.1, 0.15) is 5.82 Å². The summed E-state index contributed by atoms with van der Waals surface area (Å²) in [6, 6.07) is 3.16. The van der Waals surface area contributed by atoms with Crippen LogP contribution in [0.2, 0.25) is 0 Å². The first-order chi connectivity index (χ1) is 8.98. The largest absolute Gasteiger partial charge is 0.388 e. The Hall–Kier alpha value is -1.69. The number of nitrogens with one attached hydrogen (secondary N) is 1. The number of hydrogen-bond donors (Lipinski definition) is 3. The van der Waals surface area contributed by atoms with E-state index in [2.05, 4.69) is 22.4 Å². The lowest BCUT2D eigenvalue weighted by atomic mass is 9.79. The number of aromatic nitrogens is 2. The van der Waals surface area contributed by atoms with Crippen molar-refractivity contribution in [2.24, 2.45) is 11.7 Å². The highest BCUT2D eigenvalue weighted by Crippen LogP contribution is 2.32. The second-order valence-electron chi connectivity index (χ2n) is 5.45. The monoisotopic (exact) mass is 264 g/mol. The van der Waals surface area contributed by atoms with Gasteiger partial charge in [0.05, 0.1) is 5.60 Å². The summed E-state index contributed by atoms with van der Waals surface area (Å²) in [6.45, 7) is 2.60. The van der Waals surface area contributed by atoms with Crippen LogP contribution in [0.4, 0.5) is 5.82 Å². The summed E-state index contributed by atoms with van der Waals surface area (Å²) in [7, 11) is 0. The molecule has 2 rings (SSSR count). The summed E-state index contributed by atoms with van der Waals surface area (Å²) in [6.07, 6.45) is 3.82. The van der Waals surface area contributed by atoms with Gasteiger partial charge in [0, 0.05) is 6.54 Å². The van der Waals surface area contributed by atoms with Crippen LogP contribution in [0.3, 0.4) is 0 Å². The Morgan fingerprint density at radius 1 is 1.58 bits per heavy atom. The average molecular weight is 264 g/mol. The van der Waals surface area contributed by atoms with Gasteiger partial charge in [-0.25, -0.2) is 0 Å². The topological polar surface area (TPSA) is 101 Å². The molecule has 0 saturated heterocycles. The van der Waals surface area contributed by atoms with E-state index in [0.29, 0.717) is 18.3 Å². The van der Waals surface area contributed by atoms with Crippen molar-refractivity contribution in [3.8, 4) is 0 Å². The van der Waals surface area contributed by atoms with E-state index in [1.54, 1.807) is 6.07 Å². The fraction of sp³-hybridized carbons (Fsp3) is 0.615. The Balaban J connectivity index is 1.92. The standard InChI is InChI=1S/C13H20N4O2/c1-9-3-2-6-13(19,7-9)8-15-11-5-4-10(12(14)18)16-17-11/h4-5,9,19H,2-3,6-8H2,1H3,(H2,14,18)(H,15,17). The van der Waals surface area contributed by atoms with Crippen LogP contribution in [0.15, 0.2) is 12.1 Å². The van der Waals surface area contributed by atoms with Gasteiger partial charge in [-0.2, -0.15) is 0 Å². The van der Waals surface area contributed by atoms with Crippen LogP contribution in [0.5, 0.6) is 0 Å². The molecule has 19 heavy (non-hydrogen) atoms. The summed E-state index contributed by atoms with van der Waals surface area (Å²) in [5.41, 5.74) is 4.55. The smallest absolute Gasteiger partial charge is 0.269 e. The fourth-order valence-electron chi connectivity index (χ4n) is 2.61. The van der Waals surface area contributed by atoms with Crippen LogP contribution >= 0.6 is 0 Å². The van der Waals surface area contributed by atoms with Crippen molar-refractivity contribution >= 4 is 11.7 Å². The number of carbonyl (C=O) groups excluding carboxylic acids is 1. The molecule has 0 bridgehead atoms. The maximum absolute atomic E-state index is 10.9. The molecule has 0 aromatic carbocycles. The zero-order chi connectivity index (χ0) is 13.9. The number of anilines is 1. The second-order valence-corrected chi connectivity index (χ2v) is 5.45. The van der Waals surface area contributed by atoms with Crippen LogP contribution in [0, 0.1) is 5.92 Å². The highest BCUT2D eigenvalue weighted by Gasteiger charge is 2.32. The highest BCUT2D eigenvalue weighted by molar-refractivity contribution is 5.90. The van der Waals surface area contributed by atoms with Crippen molar-refractivity contribution in [3.63, 3.8) is 0 Å². The molecule has 1 aliphatic rings. The third-order valence-electron chi connectivity index (χ3n) is 3.58. The van der Waals surface area contributed by atoms with Gasteiger partial charge in [0.2, 0.25) is 0 Å². The van der Waals surface area contributed by atoms with Gasteiger partial charge < -0.3 is 16.2 Å². The third kappa shape index (κ3) is 3.64. The summed E-state index contributed by atoms with van der Waals surface area (Å²) in [4.78, 5) is 10.9.